The highest BCUT2D eigenvalue weighted by Gasteiger charge is 2.34. The summed E-state index contributed by atoms with van der Waals surface area (Å²) in [7, 11) is 0. The molecule has 4 N–H and O–H groups in total. The van der Waals surface area contributed by atoms with Crippen LogP contribution in [0.25, 0.3) is 5.69 Å². The van der Waals surface area contributed by atoms with Crippen molar-refractivity contribution in [3.63, 3.8) is 0 Å². The number of nitrogens with two attached hydrogens (primary N) is 1. The monoisotopic (exact) mass is 569 g/mol. The molecule has 1 aromatic heterocycles. The third-order valence-electron chi connectivity index (χ3n) is 6.27. The topological polar surface area (TPSA) is 184 Å². The molecule has 0 bridgehead atoms. The lowest BCUT2D eigenvalue weighted by Crippen LogP contribution is -2.29. The fourth-order valence-electron chi connectivity index (χ4n) is 4.35. The van der Waals surface area contributed by atoms with Crippen LogP contribution in [0.3, 0.4) is 0 Å². The number of ketones is 1. The first-order chi connectivity index (χ1) is 19.7. The number of hydrogen-bond acceptors (Lipinski definition) is 10. The summed E-state index contributed by atoms with van der Waals surface area (Å²) in [6, 6.07) is 9.16. The number of primary amides is 1. The maximum Gasteiger partial charge on any atom is 0.292 e. The van der Waals surface area contributed by atoms with Crippen molar-refractivity contribution in [2.45, 2.75) is 52.4 Å². The number of tetrazole rings is 1. The smallest absolute Gasteiger partial charge is 0.292 e. The van der Waals surface area contributed by atoms with Gasteiger partial charge in [0.15, 0.2) is 5.78 Å². The number of aliphatic hydroxyl groups is 1. The van der Waals surface area contributed by atoms with Crippen LogP contribution >= 0.6 is 0 Å². The van der Waals surface area contributed by atoms with Gasteiger partial charge in [-0.15, -0.1) is 15.0 Å². The molecular weight excluding hydrogens is 530 g/mol. The number of Topliss-reactive ketones (excluding diaryl/α,β-unsaturated/α-hetero) is 1. The van der Waals surface area contributed by atoms with E-state index in [0.717, 1.165) is 0 Å². The molecule has 2 amide bonds. The summed E-state index contributed by atoms with van der Waals surface area (Å²) in [4.78, 5) is 41.9. The first kappa shape index (κ1) is 31.6. The number of hydrogen-bond donors (Lipinski definition) is 3. The summed E-state index contributed by atoms with van der Waals surface area (Å²) in [5.74, 6) is -0.906. The number of nitrogens with one attached hydrogen (secondary N) is 1. The zero-order valence-corrected chi connectivity index (χ0v) is 23.7. The van der Waals surface area contributed by atoms with Gasteiger partial charge < -0.3 is 25.6 Å². The Hall–Kier alpha value is -3.97. The van der Waals surface area contributed by atoms with E-state index in [1.54, 1.807) is 12.1 Å². The van der Waals surface area contributed by atoms with E-state index in [9.17, 15) is 19.5 Å². The number of aromatic nitrogens is 4. The highest BCUT2D eigenvalue weighted by Crippen LogP contribution is 2.36. The van der Waals surface area contributed by atoms with Crippen LogP contribution in [0.4, 0.5) is 0 Å². The summed E-state index contributed by atoms with van der Waals surface area (Å²) >= 11 is 0. The molecule has 1 aromatic carbocycles. The highest BCUT2D eigenvalue weighted by atomic mass is 16.5. The Morgan fingerprint density at radius 3 is 2.49 bits per heavy atom. The van der Waals surface area contributed by atoms with Crippen molar-refractivity contribution in [3.8, 4) is 5.69 Å². The van der Waals surface area contributed by atoms with Crippen LogP contribution in [0.15, 0.2) is 46.7 Å². The Bertz CT molecular complexity index is 1240. The van der Waals surface area contributed by atoms with Gasteiger partial charge in [0.2, 0.25) is 5.91 Å². The third kappa shape index (κ3) is 10.5. The Balaban J connectivity index is 1.35. The highest BCUT2D eigenvalue weighted by molar-refractivity contribution is 6.23. The molecule has 0 radical (unpaired) electrons. The van der Waals surface area contributed by atoms with Gasteiger partial charge in [-0.1, -0.05) is 32.0 Å². The molecule has 222 valence electrons. The molecule has 0 spiro atoms. The van der Waals surface area contributed by atoms with Crippen LogP contribution in [-0.4, -0.2) is 88.1 Å². The number of carbonyl (C=O) groups is 3. The van der Waals surface area contributed by atoms with E-state index < -0.39 is 5.91 Å². The van der Waals surface area contributed by atoms with E-state index in [2.05, 4.69) is 25.7 Å². The first-order valence-corrected chi connectivity index (χ1v) is 13.7. The molecule has 0 atom stereocenters. The van der Waals surface area contributed by atoms with Crippen molar-refractivity contribution in [1.29, 1.82) is 0 Å². The number of carbonyl (C=O) groups excluding carboxylic acids is 3. The maximum absolute atomic E-state index is 12.8. The number of unbranched alkanes of at least 4 members (excludes halogenated alkanes) is 1. The predicted molar refractivity (Wildman–Crippen MR) is 151 cm³/mol. The molecule has 13 nitrogen and oxygen atoms in total. The van der Waals surface area contributed by atoms with E-state index in [-0.39, 0.29) is 48.3 Å². The average molecular weight is 570 g/mol. The number of aliphatic imine (C=N–C) groups is 1. The summed E-state index contributed by atoms with van der Waals surface area (Å²) < 4.78 is 11.1. The van der Waals surface area contributed by atoms with Crippen molar-refractivity contribution in [1.82, 2.24) is 25.5 Å². The minimum atomic E-state index is -0.448. The van der Waals surface area contributed by atoms with E-state index in [4.69, 9.17) is 15.2 Å². The Morgan fingerprint density at radius 1 is 1.07 bits per heavy atom. The summed E-state index contributed by atoms with van der Waals surface area (Å²) in [5.41, 5.74) is 6.46. The number of benzene rings is 1. The standard InChI is InChI=1S/C28H39N7O6/c1-28(2)18-22(36)25(23(37)19-28)21(10-6-7-11-24(29)38)30-12-14-40-16-17-41-15-13-31-27(39)26-32-34-35(33-26)20-8-4-3-5-9-20/h3-5,8-9,36H,6-7,10-19H2,1-2H3,(H2,29,38)(H,31,39). The number of aliphatic hydroxyl groups excluding tert-OH is 1. The normalized spacial score (nSPS) is 15.3. The number of nitrogens with zero attached hydrogens (tertiary/aromatic N) is 5. The molecule has 0 aliphatic heterocycles. The van der Waals surface area contributed by atoms with Crippen LogP contribution in [0, 0.1) is 5.41 Å². The second-order valence-corrected chi connectivity index (χ2v) is 10.5. The third-order valence-corrected chi connectivity index (χ3v) is 6.27. The SMILES string of the molecule is CC1(C)CC(=O)C(C(CCCCC(N)=O)=NCCOCCOCCNC(=O)c2nnn(-c3ccccc3)n2)=C(O)C1. The molecule has 0 unspecified atom stereocenters. The molecule has 41 heavy (non-hydrogen) atoms. The molecule has 3 rings (SSSR count). The molecular formula is C28H39N7O6. The number of allylic oxidation sites excluding steroid dienone is 2. The molecule has 1 heterocycles. The van der Waals surface area contributed by atoms with Gasteiger partial charge in [-0.25, -0.2) is 0 Å². The van der Waals surface area contributed by atoms with Crippen LogP contribution in [0.2, 0.25) is 0 Å². The Kier molecular flexibility index (Phi) is 12.1. The van der Waals surface area contributed by atoms with Crippen molar-refractivity contribution in [2.24, 2.45) is 16.1 Å². The summed E-state index contributed by atoms with van der Waals surface area (Å²) in [6.07, 6.45) is 2.69. The molecule has 0 saturated heterocycles. The minimum Gasteiger partial charge on any atom is -0.511 e. The van der Waals surface area contributed by atoms with Gasteiger partial charge in [0.05, 0.1) is 44.2 Å². The fraction of sp³-hybridized carbons (Fsp3) is 0.536. The Morgan fingerprint density at radius 2 is 1.78 bits per heavy atom. The van der Waals surface area contributed by atoms with Crippen LogP contribution in [0.5, 0.6) is 0 Å². The number of rotatable bonds is 17. The Labute approximate surface area is 239 Å². The van der Waals surface area contributed by atoms with Crippen LogP contribution in [-0.2, 0) is 19.1 Å². The van der Waals surface area contributed by atoms with Gasteiger partial charge in [0.25, 0.3) is 11.7 Å². The fourth-order valence-corrected chi connectivity index (χ4v) is 4.35. The lowest BCUT2D eigenvalue weighted by molar-refractivity contribution is -0.119. The van der Waals surface area contributed by atoms with E-state index in [0.29, 0.717) is 75.4 Å². The molecule has 1 aliphatic carbocycles. The summed E-state index contributed by atoms with van der Waals surface area (Å²) in [5, 5.41) is 25.0. The van der Waals surface area contributed by atoms with E-state index >= 15 is 0 Å². The molecule has 1 aliphatic rings. The van der Waals surface area contributed by atoms with Gasteiger partial charge in [-0.2, -0.15) is 0 Å². The van der Waals surface area contributed by atoms with Crippen molar-refractivity contribution in [2.75, 3.05) is 39.5 Å². The van der Waals surface area contributed by atoms with Crippen molar-refractivity contribution >= 4 is 23.3 Å². The second-order valence-electron chi connectivity index (χ2n) is 10.5. The van der Waals surface area contributed by atoms with Gasteiger partial charge in [0.1, 0.15) is 5.76 Å². The number of ether oxygens (including phenoxy) is 2. The molecule has 13 heteroatoms. The zero-order chi connectivity index (χ0) is 29.7. The first-order valence-electron chi connectivity index (χ1n) is 13.7. The minimum absolute atomic E-state index is 0.0345. The van der Waals surface area contributed by atoms with Gasteiger partial charge in [-0.05, 0) is 42.0 Å². The van der Waals surface area contributed by atoms with Crippen molar-refractivity contribution < 1.29 is 29.0 Å². The zero-order valence-electron chi connectivity index (χ0n) is 23.7. The van der Waals surface area contributed by atoms with E-state index in [1.807, 2.05) is 32.0 Å². The molecule has 0 fully saturated rings. The predicted octanol–water partition coefficient (Wildman–Crippen LogP) is 2.11. The number of para-hydroxylation sites is 1. The van der Waals surface area contributed by atoms with E-state index in [1.165, 1.54) is 4.80 Å². The quantitative estimate of drug-likeness (QED) is 0.190. The average Bonchev–Trinajstić information content (AvgIpc) is 3.41. The lowest BCUT2D eigenvalue weighted by atomic mass is 9.75. The maximum atomic E-state index is 12.8. The van der Waals surface area contributed by atoms with Crippen LogP contribution in [0.1, 0.15) is 63.0 Å². The van der Waals surface area contributed by atoms with Crippen LogP contribution < -0.4 is 11.1 Å². The summed E-state index contributed by atoms with van der Waals surface area (Å²) in [6.45, 7) is 5.70. The van der Waals surface area contributed by atoms with Gasteiger partial charge in [-0.3, -0.25) is 19.4 Å². The van der Waals surface area contributed by atoms with Crippen molar-refractivity contribution in [3.05, 3.63) is 47.5 Å². The number of amides is 2. The van der Waals surface area contributed by atoms with Gasteiger partial charge in [0, 0.05) is 31.5 Å². The molecule has 2 aromatic rings. The lowest BCUT2D eigenvalue weighted by Gasteiger charge is -2.30. The largest absolute Gasteiger partial charge is 0.511 e. The second kappa shape index (κ2) is 15.7. The van der Waals surface area contributed by atoms with Gasteiger partial charge >= 0.3 is 0 Å². The molecule has 0 saturated carbocycles.